The molecule has 0 bridgehead atoms. The van der Waals surface area contributed by atoms with Crippen LogP contribution in [-0.4, -0.2) is 24.7 Å². The van der Waals surface area contributed by atoms with E-state index in [4.69, 9.17) is 4.74 Å². The van der Waals surface area contributed by atoms with E-state index in [1.807, 2.05) is 12.4 Å². The van der Waals surface area contributed by atoms with Crippen molar-refractivity contribution >= 4 is 0 Å². The summed E-state index contributed by atoms with van der Waals surface area (Å²) in [5.74, 6) is 0. The van der Waals surface area contributed by atoms with Crippen LogP contribution in [0, 0.1) is 0 Å². The Morgan fingerprint density at radius 3 is 3.18 bits per heavy atom. The van der Waals surface area contributed by atoms with Gasteiger partial charge in [0.2, 0.25) is 0 Å². The first-order valence-electron chi connectivity index (χ1n) is 3.92. The fourth-order valence-corrected chi connectivity index (χ4v) is 1.32. The van der Waals surface area contributed by atoms with E-state index in [1.165, 1.54) is 5.56 Å². The lowest BCUT2D eigenvalue weighted by Gasteiger charge is -2.22. The lowest BCUT2D eigenvalue weighted by molar-refractivity contribution is 0.0278. The molecule has 2 heterocycles. The quantitative estimate of drug-likeness (QED) is 0.620. The van der Waals surface area contributed by atoms with Crippen LogP contribution in [0.5, 0.6) is 0 Å². The highest BCUT2D eigenvalue weighted by Gasteiger charge is 2.14. The molecule has 1 aromatic heterocycles. The SMILES string of the molecule is c1cc(C2CNCCO2)c[nH]1. The van der Waals surface area contributed by atoms with Gasteiger partial charge in [-0.2, -0.15) is 0 Å². The number of H-pyrrole nitrogens is 1. The van der Waals surface area contributed by atoms with Crippen molar-refractivity contribution in [3.05, 3.63) is 24.0 Å². The molecule has 1 fully saturated rings. The molecule has 11 heavy (non-hydrogen) atoms. The van der Waals surface area contributed by atoms with Crippen molar-refractivity contribution in [1.29, 1.82) is 0 Å². The summed E-state index contributed by atoms with van der Waals surface area (Å²) in [6.45, 7) is 2.72. The smallest absolute Gasteiger partial charge is 0.0964 e. The molecule has 1 aliphatic heterocycles. The van der Waals surface area contributed by atoms with Gasteiger partial charge >= 0.3 is 0 Å². The van der Waals surface area contributed by atoms with E-state index in [0.717, 1.165) is 19.7 Å². The molecule has 1 unspecified atom stereocenters. The summed E-state index contributed by atoms with van der Waals surface area (Å²) >= 11 is 0. The number of aromatic amines is 1. The summed E-state index contributed by atoms with van der Waals surface area (Å²) in [7, 11) is 0. The number of hydrogen-bond acceptors (Lipinski definition) is 2. The molecular formula is C8H12N2O. The number of morpholine rings is 1. The van der Waals surface area contributed by atoms with E-state index in [0.29, 0.717) is 0 Å². The van der Waals surface area contributed by atoms with Crippen LogP contribution in [0.4, 0.5) is 0 Å². The van der Waals surface area contributed by atoms with Crippen LogP contribution in [-0.2, 0) is 4.74 Å². The highest BCUT2D eigenvalue weighted by molar-refractivity contribution is 5.12. The minimum Gasteiger partial charge on any atom is -0.371 e. The van der Waals surface area contributed by atoms with Gasteiger partial charge in [0, 0.05) is 25.5 Å². The van der Waals surface area contributed by atoms with Gasteiger partial charge in [-0.25, -0.2) is 0 Å². The van der Waals surface area contributed by atoms with Gasteiger partial charge < -0.3 is 15.0 Å². The fraction of sp³-hybridized carbons (Fsp3) is 0.500. The van der Waals surface area contributed by atoms with Gasteiger partial charge in [0.25, 0.3) is 0 Å². The van der Waals surface area contributed by atoms with Crippen LogP contribution < -0.4 is 5.32 Å². The largest absolute Gasteiger partial charge is 0.371 e. The third-order valence-corrected chi connectivity index (χ3v) is 1.92. The Labute approximate surface area is 65.8 Å². The first-order chi connectivity index (χ1) is 5.47. The molecule has 2 rings (SSSR count). The Hall–Kier alpha value is -0.800. The molecule has 0 aliphatic carbocycles. The molecule has 3 nitrogen and oxygen atoms in total. The van der Waals surface area contributed by atoms with E-state index in [-0.39, 0.29) is 6.10 Å². The van der Waals surface area contributed by atoms with Crippen LogP contribution in [0.1, 0.15) is 11.7 Å². The van der Waals surface area contributed by atoms with Gasteiger partial charge in [-0.1, -0.05) is 0 Å². The molecule has 0 spiro atoms. The molecule has 3 heteroatoms. The molecule has 0 aromatic carbocycles. The maximum absolute atomic E-state index is 5.54. The van der Waals surface area contributed by atoms with Gasteiger partial charge in [-0.15, -0.1) is 0 Å². The van der Waals surface area contributed by atoms with Gasteiger partial charge in [-0.05, 0) is 11.6 Å². The van der Waals surface area contributed by atoms with Crippen molar-refractivity contribution in [3.63, 3.8) is 0 Å². The van der Waals surface area contributed by atoms with Crippen LogP contribution in [0.25, 0.3) is 0 Å². The van der Waals surface area contributed by atoms with E-state index < -0.39 is 0 Å². The molecule has 1 aromatic rings. The highest BCUT2D eigenvalue weighted by atomic mass is 16.5. The summed E-state index contributed by atoms with van der Waals surface area (Å²) in [5.41, 5.74) is 1.23. The average Bonchev–Trinajstić information content (AvgIpc) is 2.58. The minimum atomic E-state index is 0.245. The number of ether oxygens (including phenoxy) is 1. The second kappa shape index (κ2) is 3.07. The molecule has 0 amide bonds. The summed E-state index contributed by atoms with van der Waals surface area (Å²) in [6.07, 6.45) is 4.15. The van der Waals surface area contributed by atoms with E-state index in [1.54, 1.807) is 0 Å². The van der Waals surface area contributed by atoms with E-state index in [2.05, 4.69) is 16.4 Å². The minimum absolute atomic E-state index is 0.245. The van der Waals surface area contributed by atoms with Crippen LogP contribution in [0.15, 0.2) is 18.5 Å². The number of aromatic nitrogens is 1. The molecule has 1 saturated heterocycles. The van der Waals surface area contributed by atoms with Crippen LogP contribution in [0.2, 0.25) is 0 Å². The standard InChI is InChI=1S/C8H12N2O/c1-2-9-5-7(1)8-6-10-3-4-11-8/h1-2,5,8-10H,3-4,6H2. The molecule has 60 valence electrons. The maximum atomic E-state index is 5.54. The van der Waals surface area contributed by atoms with Crippen molar-refractivity contribution in [2.45, 2.75) is 6.10 Å². The third kappa shape index (κ3) is 1.44. The van der Waals surface area contributed by atoms with Crippen molar-refractivity contribution in [2.75, 3.05) is 19.7 Å². The van der Waals surface area contributed by atoms with Gasteiger partial charge in [-0.3, -0.25) is 0 Å². The van der Waals surface area contributed by atoms with Crippen LogP contribution in [0.3, 0.4) is 0 Å². The van der Waals surface area contributed by atoms with E-state index >= 15 is 0 Å². The molecule has 1 aliphatic rings. The fourth-order valence-electron chi connectivity index (χ4n) is 1.32. The number of hydrogen-bond donors (Lipinski definition) is 2. The summed E-state index contributed by atoms with van der Waals surface area (Å²) in [4.78, 5) is 3.02. The maximum Gasteiger partial charge on any atom is 0.0964 e. The van der Waals surface area contributed by atoms with Crippen molar-refractivity contribution < 1.29 is 4.74 Å². The Morgan fingerprint density at radius 1 is 1.55 bits per heavy atom. The Morgan fingerprint density at radius 2 is 2.55 bits per heavy atom. The zero-order valence-corrected chi connectivity index (χ0v) is 6.34. The summed E-state index contributed by atoms with van der Waals surface area (Å²) in [6, 6.07) is 2.05. The third-order valence-electron chi connectivity index (χ3n) is 1.92. The van der Waals surface area contributed by atoms with Crippen molar-refractivity contribution in [2.24, 2.45) is 0 Å². The predicted molar refractivity (Wildman–Crippen MR) is 42.4 cm³/mol. The number of rotatable bonds is 1. The molecule has 0 saturated carbocycles. The van der Waals surface area contributed by atoms with Crippen molar-refractivity contribution in [3.8, 4) is 0 Å². The molecule has 1 atom stereocenters. The molecule has 2 N–H and O–H groups in total. The lowest BCUT2D eigenvalue weighted by Crippen LogP contribution is -2.33. The van der Waals surface area contributed by atoms with Crippen molar-refractivity contribution in [1.82, 2.24) is 10.3 Å². The van der Waals surface area contributed by atoms with Gasteiger partial charge in [0.15, 0.2) is 0 Å². The second-order valence-corrected chi connectivity index (χ2v) is 2.71. The van der Waals surface area contributed by atoms with E-state index in [9.17, 15) is 0 Å². The Balaban J connectivity index is 2.04. The zero-order chi connectivity index (χ0) is 7.52. The molecular weight excluding hydrogens is 140 g/mol. The predicted octanol–water partition coefficient (Wildman–Crippen LogP) is 0.676. The monoisotopic (exact) mass is 152 g/mol. The lowest BCUT2D eigenvalue weighted by atomic mass is 10.2. The summed E-state index contributed by atoms with van der Waals surface area (Å²) in [5, 5.41) is 3.28. The molecule has 0 radical (unpaired) electrons. The summed E-state index contributed by atoms with van der Waals surface area (Å²) < 4.78 is 5.54. The van der Waals surface area contributed by atoms with Gasteiger partial charge in [0.1, 0.15) is 0 Å². The number of nitrogens with one attached hydrogen (secondary N) is 2. The average molecular weight is 152 g/mol. The van der Waals surface area contributed by atoms with Gasteiger partial charge in [0.05, 0.1) is 12.7 Å². The normalized spacial score (nSPS) is 25.3. The first-order valence-corrected chi connectivity index (χ1v) is 3.92. The van der Waals surface area contributed by atoms with Crippen LogP contribution >= 0.6 is 0 Å². The topological polar surface area (TPSA) is 37.0 Å². The zero-order valence-electron chi connectivity index (χ0n) is 6.34. The second-order valence-electron chi connectivity index (χ2n) is 2.71. The highest BCUT2D eigenvalue weighted by Crippen LogP contribution is 2.16. The Bertz CT molecular complexity index is 202. The first kappa shape index (κ1) is 6.88. The Kier molecular flexibility index (Phi) is 1.92.